The average Bonchev–Trinajstić information content (AvgIpc) is 3.10. The molecule has 4 saturated carbocycles. The third-order valence-electron chi connectivity index (χ3n) is 11.3. The van der Waals surface area contributed by atoms with E-state index in [0.29, 0.717) is 48.9 Å². The fourth-order valence-electron chi connectivity index (χ4n) is 9.77. The first-order valence-electron chi connectivity index (χ1n) is 14.3. The van der Waals surface area contributed by atoms with Crippen molar-refractivity contribution in [3.63, 3.8) is 0 Å². The topological polar surface area (TPSA) is 133 Å². The van der Waals surface area contributed by atoms with E-state index in [1.165, 1.54) is 25.7 Å². The maximum absolute atomic E-state index is 11.8. The quantitative estimate of drug-likeness (QED) is 0.193. The molecule has 0 aromatic rings. The molecular weight excluding hydrogens is 562 g/mol. The molecule has 12 heteroatoms. The molecule has 4 fully saturated rings. The second-order valence-electron chi connectivity index (χ2n) is 13.7. The molecule has 8 nitrogen and oxygen atoms in total. The first kappa shape index (κ1) is 36.9. The standard InChI is InChI=1S/C27H48O8S2.2Na/c1-17(2)7-6-8-18(3)21-9-10-22-20-16-25(35-37(31,32)33)24-15-19(34-36(28,29)30)11-13-27(24,5)23(20)12-14-26(21,22)4;;/h17-25H,6-16H2,1-5H3,(H,28,29,30)(H,31,32,33);;/q;2*+1/p-2/t18-,19+,20+,21-,22+,23+,24-,25+,26-,27-;;/m1../s1. The summed E-state index contributed by atoms with van der Waals surface area (Å²) in [7, 11) is -9.82. The van der Waals surface area contributed by atoms with E-state index in [4.69, 9.17) is 8.37 Å². The van der Waals surface area contributed by atoms with E-state index in [-0.39, 0.29) is 88.2 Å². The molecule has 0 N–H and O–H groups in total. The number of hydrogen-bond donors (Lipinski definition) is 0. The Morgan fingerprint density at radius 2 is 1.36 bits per heavy atom. The summed E-state index contributed by atoms with van der Waals surface area (Å²) in [4.78, 5) is 0. The van der Waals surface area contributed by atoms with E-state index in [1.807, 2.05) is 0 Å². The van der Waals surface area contributed by atoms with Crippen LogP contribution in [0.5, 0.6) is 0 Å². The molecule has 216 valence electrons. The zero-order valence-electron chi connectivity index (χ0n) is 25.1. The zero-order valence-corrected chi connectivity index (χ0v) is 30.7. The molecule has 0 unspecified atom stereocenters. The summed E-state index contributed by atoms with van der Waals surface area (Å²) < 4.78 is 79.1. The maximum atomic E-state index is 11.8. The minimum atomic E-state index is -4.94. The SMILES string of the molecule is CC(C)CCC[C@@H](C)[C@H]1CC[C@H]2[C@@H]3C[C@H](OS(=O)(=O)[O-])[C@H]4C[C@@H](OS(=O)(=O)[O-])CC[C@]4(C)[C@H]3CC[C@]12C.[Na+].[Na+]. The van der Waals surface area contributed by atoms with Gasteiger partial charge in [-0.25, -0.2) is 16.8 Å². The minimum Gasteiger partial charge on any atom is -0.726 e. The van der Waals surface area contributed by atoms with Crippen LogP contribution in [0.25, 0.3) is 0 Å². The Labute approximate surface area is 281 Å². The normalized spacial score (nSPS) is 41.0. The molecule has 4 aliphatic carbocycles. The van der Waals surface area contributed by atoms with Crippen LogP contribution in [-0.2, 0) is 29.2 Å². The number of hydrogen-bond acceptors (Lipinski definition) is 8. The van der Waals surface area contributed by atoms with Crippen molar-refractivity contribution in [3.8, 4) is 0 Å². The summed E-state index contributed by atoms with van der Waals surface area (Å²) in [5.74, 6) is 2.73. The van der Waals surface area contributed by atoms with E-state index < -0.39 is 33.0 Å². The van der Waals surface area contributed by atoms with Crippen molar-refractivity contribution in [3.05, 3.63) is 0 Å². The van der Waals surface area contributed by atoms with Gasteiger partial charge < -0.3 is 9.11 Å². The smallest absolute Gasteiger partial charge is 0.726 e. The molecule has 39 heavy (non-hydrogen) atoms. The van der Waals surface area contributed by atoms with Gasteiger partial charge in [0.15, 0.2) is 0 Å². The Morgan fingerprint density at radius 1 is 0.769 bits per heavy atom. The Kier molecular flexibility index (Phi) is 13.1. The van der Waals surface area contributed by atoms with Gasteiger partial charge in [-0.05, 0) is 104 Å². The molecule has 0 spiro atoms. The molecule has 0 radical (unpaired) electrons. The van der Waals surface area contributed by atoms with E-state index in [2.05, 4.69) is 34.6 Å². The molecule has 0 aromatic heterocycles. The Hall–Kier alpha value is 1.74. The molecule has 4 rings (SSSR count). The van der Waals surface area contributed by atoms with Crippen molar-refractivity contribution in [1.29, 1.82) is 0 Å². The fourth-order valence-corrected chi connectivity index (χ4v) is 10.8. The third kappa shape index (κ3) is 8.27. The summed E-state index contributed by atoms with van der Waals surface area (Å²) in [5, 5.41) is 0. The second-order valence-corrected chi connectivity index (χ2v) is 15.7. The molecule has 0 saturated heterocycles. The van der Waals surface area contributed by atoms with Crippen LogP contribution in [0.3, 0.4) is 0 Å². The summed E-state index contributed by atoms with van der Waals surface area (Å²) >= 11 is 0. The van der Waals surface area contributed by atoms with Crippen LogP contribution in [0.15, 0.2) is 0 Å². The first-order valence-corrected chi connectivity index (χ1v) is 17.0. The molecule has 0 heterocycles. The Morgan fingerprint density at radius 3 is 1.95 bits per heavy atom. The summed E-state index contributed by atoms with van der Waals surface area (Å²) in [6, 6.07) is 0. The molecule has 0 aliphatic heterocycles. The molecular formula is C27H46Na2O8S2. The molecule has 0 aromatic carbocycles. The van der Waals surface area contributed by atoms with E-state index in [0.717, 1.165) is 19.3 Å². The van der Waals surface area contributed by atoms with Gasteiger partial charge in [-0.3, -0.25) is 8.37 Å². The molecule has 10 atom stereocenters. The van der Waals surface area contributed by atoms with Gasteiger partial charge in [-0.1, -0.05) is 53.9 Å². The van der Waals surface area contributed by atoms with Gasteiger partial charge in [0, 0.05) is 0 Å². The van der Waals surface area contributed by atoms with Crippen LogP contribution in [0.4, 0.5) is 0 Å². The van der Waals surface area contributed by atoms with Crippen molar-refractivity contribution < 1.29 is 93.4 Å². The van der Waals surface area contributed by atoms with Crippen molar-refractivity contribution in [2.24, 2.45) is 52.3 Å². The van der Waals surface area contributed by atoms with Gasteiger partial charge in [0.05, 0.1) is 12.2 Å². The van der Waals surface area contributed by atoms with Crippen LogP contribution in [0, 0.1) is 52.3 Å². The molecule has 0 bridgehead atoms. The average molecular weight is 609 g/mol. The van der Waals surface area contributed by atoms with E-state index in [9.17, 15) is 25.9 Å². The largest absolute Gasteiger partial charge is 1.00 e. The number of rotatable bonds is 9. The minimum absolute atomic E-state index is 0. The third-order valence-corrected chi connectivity index (χ3v) is 12.3. The van der Waals surface area contributed by atoms with Gasteiger partial charge in [-0.15, -0.1) is 0 Å². The Balaban J connectivity index is 0.00000267. The van der Waals surface area contributed by atoms with Crippen molar-refractivity contribution in [2.75, 3.05) is 0 Å². The van der Waals surface area contributed by atoms with Crippen LogP contribution < -0.4 is 59.1 Å². The summed E-state index contributed by atoms with van der Waals surface area (Å²) in [6.07, 6.45) is 8.34. The van der Waals surface area contributed by atoms with Gasteiger partial charge in [0.25, 0.3) is 0 Å². The van der Waals surface area contributed by atoms with Gasteiger partial charge >= 0.3 is 59.1 Å². The van der Waals surface area contributed by atoms with Crippen molar-refractivity contribution in [1.82, 2.24) is 0 Å². The monoisotopic (exact) mass is 608 g/mol. The maximum Gasteiger partial charge on any atom is 1.00 e. The first-order chi connectivity index (χ1) is 17.0. The van der Waals surface area contributed by atoms with E-state index in [1.54, 1.807) is 0 Å². The van der Waals surface area contributed by atoms with Crippen molar-refractivity contribution in [2.45, 2.75) is 117 Å². The second kappa shape index (κ2) is 13.8. The van der Waals surface area contributed by atoms with Gasteiger partial charge in [0.1, 0.15) is 0 Å². The summed E-state index contributed by atoms with van der Waals surface area (Å²) in [5.41, 5.74) is -0.105. The predicted octanol–water partition coefficient (Wildman–Crippen LogP) is -0.584. The summed E-state index contributed by atoms with van der Waals surface area (Å²) in [6.45, 7) is 11.6. The Bertz CT molecular complexity index is 1040. The van der Waals surface area contributed by atoms with Crippen molar-refractivity contribution >= 4 is 20.8 Å². The zero-order chi connectivity index (χ0) is 27.4. The van der Waals surface area contributed by atoms with Crippen LogP contribution in [0.1, 0.15) is 105 Å². The predicted molar refractivity (Wildman–Crippen MR) is 138 cm³/mol. The van der Waals surface area contributed by atoms with Gasteiger partial charge in [-0.2, -0.15) is 0 Å². The molecule has 4 aliphatic rings. The van der Waals surface area contributed by atoms with Crippen LogP contribution >= 0.6 is 0 Å². The van der Waals surface area contributed by atoms with Gasteiger partial charge in [0.2, 0.25) is 20.8 Å². The van der Waals surface area contributed by atoms with Crippen LogP contribution in [-0.4, -0.2) is 38.1 Å². The molecule has 0 amide bonds. The number of fused-ring (bicyclic) bond motifs is 5. The fraction of sp³-hybridized carbons (Fsp3) is 1.00. The van der Waals surface area contributed by atoms with Crippen LogP contribution in [0.2, 0.25) is 0 Å². The van der Waals surface area contributed by atoms with E-state index >= 15 is 0 Å².